The summed E-state index contributed by atoms with van der Waals surface area (Å²) in [6.07, 6.45) is 5.30. The molecule has 1 aromatic carbocycles. The molecule has 1 fully saturated rings. The molecule has 2 aromatic rings. The molecule has 3 heteroatoms. The zero-order chi connectivity index (χ0) is 11.7. The molecular formula is C14H17N3. The first-order chi connectivity index (χ1) is 8.33. The van der Waals surface area contributed by atoms with Gasteiger partial charge in [-0.1, -0.05) is 29.8 Å². The molecule has 0 amide bonds. The molecule has 1 N–H and O–H groups in total. The number of rotatable bonds is 2. The Bertz CT molecular complexity index is 510. The van der Waals surface area contributed by atoms with Crippen LogP contribution in [-0.2, 0) is 0 Å². The second kappa shape index (κ2) is 4.34. The third-order valence-corrected chi connectivity index (χ3v) is 3.36. The van der Waals surface area contributed by atoms with Crippen LogP contribution in [0.3, 0.4) is 0 Å². The number of nitrogens with one attached hydrogen (secondary N) is 1. The van der Waals surface area contributed by atoms with Crippen molar-refractivity contribution in [2.75, 3.05) is 13.1 Å². The fraction of sp³-hybridized carbons (Fsp3) is 0.357. The molecule has 3 nitrogen and oxygen atoms in total. The first-order valence-corrected chi connectivity index (χ1v) is 6.15. The first-order valence-electron chi connectivity index (χ1n) is 6.15. The summed E-state index contributed by atoms with van der Waals surface area (Å²) in [5.74, 6) is 0. The second-order valence-corrected chi connectivity index (χ2v) is 4.73. The van der Waals surface area contributed by atoms with Gasteiger partial charge in [0, 0.05) is 18.3 Å². The average Bonchev–Trinajstić information content (AvgIpc) is 3.00. The minimum absolute atomic E-state index is 0.522. The van der Waals surface area contributed by atoms with Crippen molar-refractivity contribution in [3.8, 4) is 11.1 Å². The molecule has 0 bridgehead atoms. The summed E-state index contributed by atoms with van der Waals surface area (Å²) < 4.78 is 2.09. The zero-order valence-electron chi connectivity index (χ0n) is 10.1. The van der Waals surface area contributed by atoms with Gasteiger partial charge in [0.15, 0.2) is 0 Å². The van der Waals surface area contributed by atoms with E-state index in [9.17, 15) is 0 Å². The van der Waals surface area contributed by atoms with Crippen LogP contribution in [0, 0.1) is 6.92 Å². The van der Waals surface area contributed by atoms with Gasteiger partial charge < -0.3 is 5.32 Å². The number of aryl methyl sites for hydroxylation is 1. The molecule has 3 rings (SSSR count). The Morgan fingerprint density at radius 1 is 1.35 bits per heavy atom. The number of aromatic nitrogens is 2. The monoisotopic (exact) mass is 227 g/mol. The fourth-order valence-electron chi connectivity index (χ4n) is 2.38. The van der Waals surface area contributed by atoms with Gasteiger partial charge in [0.05, 0.1) is 12.2 Å². The Morgan fingerprint density at radius 2 is 2.29 bits per heavy atom. The van der Waals surface area contributed by atoms with Gasteiger partial charge >= 0.3 is 0 Å². The normalized spacial score (nSPS) is 19.7. The van der Waals surface area contributed by atoms with Crippen LogP contribution in [-0.4, -0.2) is 22.9 Å². The quantitative estimate of drug-likeness (QED) is 0.853. The van der Waals surface area contributed by atoms with Gasteiger partial charge in [0.1, 0.15) is 0 Å². The van der Waals surface area contributed by atoms with Crippen LogP contribution in [0.2, 0.25) is 0 Å². The Morgan fingerprint density at radius 3 is 3.06 bits per heavy atom. The maximum Gasteiger partial charge on any atom is 0.0655 e. The van der Waals surface area contributed by atoms with Crippen LogP contribution in [0.5, 0.6) is 0 Å². The third kappa shape index (κ3) is 2.11. The topological polar surface area (TPSA) is 29.9 Å². The minimum atomic E-state index is 0.522. The van der Waals surface area contributed by atoms with Gasteiger partial charge in [-0.3, -0.25) is 4.68 Å². The molecule has 0 radical (unpaired) electrons. The van der Waals surface area contributed by atoms with Gasteiger partial charge in [-0.25, -0.2) is 0 Å². The van der Waals surface area contributed by atoms with Crippen LogP contribution in [0.15, 0.2) is 36.7 Å². The van der Waals surface area contributed by atoms with Gasteiger partial charge in [-0.2, -0.15) is 5.10 Å². The molecule has 1 atom stereocenters. The van der Waals surface area contributed by atoms with E-state index >= 15 is 0 Å². The number of hydrogen-bond donors (Lipinski definition) is 1. The molecular weight excluding hydrogens is 210 g/mol. The first kappa shape index (κ1) is 10.5. The molecule has 17 heavy (non-hydrogen) atoms. The Kier molecular flexibility index (Phi) is 2.69. The van der Waals surface area contributed by atoms with E-state index in [0.29, 0.717) is 6.04 Å². The van der Waals surface area contributed by atoms with Crippen molar-refractivity contribution < 1.29 is 0 Å². The smallest absolute Gasteiger partial charge is 0.0655 e. The van der Waals surface area contributed by atoms with Gasteiger partial charge in [-0.05, 0) is 25.5 Å². The highest BCUT2D eigenvalue weighted by Gasteiger charge is 2.17. The largest absolute Gasteiger partial charge is 0.315 e. The van der Waals surface area contributed by atoms with Crippen molar-refractivity contribution in [2.45, 2.75) is 19.4 Å². The lowest BCUT2D eigenvalue weighted by molar-refractivity contribution is 0.491. The lowest BCUT2D eigenvalue weighted by atomic mass is 10.1. The highest BCUT2D eigenvalue weighted by molar-refractivity contribution is 5.62. The Labute approximate surface area is 101 Å². The van der Waals surface area contributed by atoms with Crippen molar-refractivity contribution in [3.05, 3.63) is 42.2 Å². The summed E-state index contributed by atoms with van der Waals surface area (Å²) in [6, 6.07) is 9.08. The van der Waals surface area contributed by atoms with Crippen molar-refractivity contribution in [1.82, 2.24) is 15.1 Å². The molecule has 1 unspecified atom stereocenters. The number of hydrogen-bond acceptors (Lipinski definition) is 2. The van der Waals surface area contributed by atoms with Gasteiger partial charge in [0.25, 0.3) is 0 Å². The van der Waals surface area contributed by atoms with Crippen LogP contribution in [0.25, 0.3) is 11.1 Å². The van der Waals surface area contributed by atoms with Crippen molar-refractivity contribution in [2.24, 2.45) is 0 Å². The van der Waals surface area contributed by atoms with Crippen molar-refractivity contribution in [1.29, 1.82) is 0 Å². The van der Waals surface area contributed by atoms with Gasteiger partial charge in [-0.15, -0.1) is 0 Å². The Balaban J connectivity index is 1.89. The highest BCUT2D eigenvalue weighted by atomic mass is 15.3. The summed E-state index contributed by atoms with van der Waals surface area (Å²) in [4.78, 5) is 0. The molecule has 2 heterocycles. The van der Waals surface area contributed by atoms with E-state index < -0.39 is 0 Å². The summed E-state index contributed by atoms with van der Waals surface area (Å²) in [6.45, 7) is 4.26. The summed E-state index contributed by atoms with van der Waals surface area (Å²) >= 11 is 0. The van der Waals surface area contributed by atoms with Crippen LogP contribution in [0.1, 0.15) is 18.0 Å². The SMILES string of the molecule is Cc1cccc(-c2cnn(C3CCNC3)c2)c1. The second-order valence-electron chi connectivity index (χ2n) is 4.73. The molecule has 88 valence electrons. The van der Waals surface area contributed by atoms with Crippen molar-refractivity contribution >= 4 is 0 Å². The number of benzene rings is 1. The predicted octanol–water partition coefficient (Wildman–Crippen LogP) is 2.39. The van der Waals surface area contributed by atoms with E-state index in [2.05, 4.69) is 52.5 Å². The molecule has 1 aliphatic rings. The summed E-state index contributed by atoms with van der Waals surface area (Å²) in [5.41, 5.74) is 3.75. The van der Waals surface area contributed by atoms with Crippen LogP contribution in [0.4, 0.5) is 0 Å². The Hall–Kier alpha value is -1.61. The lowest BCUT2D eigenvalue weighted by Gasteiger charge is -2.07. The number of nitrogens with zero attached hydrogens (tertiary/aromatic N) is 2. The summed E-state index contributed by atoms with van der Waals surface area (Å²) in [7, 11) is 0. The molecule has 1 saturated heterocycles. The average molecular weight is 227 g/mol. The lowest BCUT2D eigenvalue weighted by Crippen LogP contribution is -2.13. The molecule has 1 aliphatic heterocycles. The van der Waals surface area contributed by atoms with Crippen LogP contribution < -0.4 is 5.32 Å². The molecule has 0 saturated carbocycles. The van der Waals surface area contributed by atoms with Gasteiger partial charge in [0.2, 0.25) is 0 Å². The predicted molar refractivity (Wildman–Crippen MR) is 68.9 cm³/mol. The van der Waals surface area contributed by atoms with Crippen molar-refractivity contribution in [3.63, 3.8) is 0 Å². The van der Waals surface area contributed by atoms with E-state index in [0.717, 1.165) is 13.1 Å². The summed E-state index contributed by atoms with van der Waals surface area (Å²) in [5, 5.41) is 7.85. The van der Waals surface area contributed by atoms with Crippen LogP contribution >= 0.6 is 0 Å². The maximum atomic E-state index is 4.48. The molecule has 0 aliphatic carbocycles. The zero-order valence-corrected chi connectivity index (χ0v) is 10.1. The minimum Gasteiger partial charge on any atom is -0.315 e. The van der Waals surface area contributed by atoms with E-state index in [1.54, 1.807) is 0 Å². The fourth-order valence-corrected chi connectivity index (χ4v) is 2.38. The maximum absolute atomic E-state index is 4.48. The third-order valence-electron chi connectivity index (χ3n) is 3.36. The molecule has 0 spiro atoms. The highest BCUT2D eigenvalue weighted by Crippen LogP contribution is 2.22. The van der Waals surface area contributed by atoms with E-state index in [4.69, 9.17) is 0 Å². The van der Waals surface area contributed by atoms with E-state index in [-0.39, 0.29) is 0 Å². The van der Waals surface area contributed by atoms with E-state index in [1.807, 2.05) is 6.20 Å². The van der Waals surface area contributed by atoms with E-state index in [1.165, 1.54) is 23.1 Å². The molecule has 1 aromatic heterocycles. The standard InChI is InChI=1S/C14H17N3/c1-11-3-2-4-12(7-11)13-8-16-17(10-13)14-5-6-15-9-14/h2-4,7-8,10,14-15H,5-6,9H2,1H3.